The molecular formula is C16H13NO6S2. The third kappa shape index (κ3) is 2.96. The molecule has 7 nitrogen and oxygen atoms in total. The average molecular weight is 379 g/mol. The van der Waals surface area contributed by atoms with Crippen molar-refractivity contribution in [3.8, 4) is 0 Å². The monoisotopic (exact) mass is 379 g/mol. The van der Waals surface area contributed by atoms with Gasteiger partial charge in [0.1, 0.15) is 11.4 Å². The van der Waals surface area contributed by atoms with Crippen molar-refractivity contribution in [1.29, 1.82) is 0 Å². The molecule has 1 amide bonds. The predicted molar refractivity (Wildman–Crippen MR) is 88.5 cm³/mol. The van der Waals surface area contributed by atoms with Gasteiger partial charge in [0, 0.05) is 11.8 Å². The number of hydrogen-bond donors (Lipinski definition) is 0. The lowest BCUT2D eigenvalue weighted by Gasteiger charge is -2.14. The number of hydrogen-bond acceptors (Lipinski definition) is 6. The van der Waals surface area contributed by atoms with Crippen LogP contribution in [-0.2, 0) is 19.9 Å². The minimum atomic E-state index is -4.06. The molecule has 9 heteroatoms. The lowest BCUT2D eigenvalue weighted by Crippen LogP contribution is -2.35. The first-order valence-electron chi connectivity index (χ1n) is 7.12. The molecule has 0 aromatic heterocycles. The lowest BCUT2D eigenvalue weighted by atomic mass is 10.1. The number of Topliss-reactive ketones (excluding diaryl/α,β-unsaturated/α-hetero) is 1. The zero-order chi connectivity index (χ0) is 18.4. The maximum atomic E-state index is 12.4. The van der Waals surface area contributed by atoms with Crippen LogP contribution in [0.15, 0.2) is 58.3 Å². The average Bonchev–Trinajstić information content (AvgIpc) is 2.75. The smallest absolute Gasteiger partial charge is 0.269 e. The Labute approximate surface area is 144 Å². The Kier molecular flexibility index (Phi) is 4.00. The Morgan fingerprint density at radius 3 is 2.20 bits per heavy atom. The molecule has 0 spiro atoms. The number of carbonyl (C=O) groups excluding carboxylic acids is 2. The summed E-state index contributed by atoms with van der Waals surface area (Å²) < 4.78 is 48.2. The Hall–Kier alpha value is -2.52. The highest BCUT2D eigenvalue weighted by molar-refractivity contribution is 7.90. The maximum absolute atomic E-state index is 12.4. The van der Waals surface area contributed by atoms with Gasteiger partial charge in [0.25, 0.3) is 15.9 Å². The molecule has 0 radical (unpaired) electrons. The molecule has 1 aliphatic heterocycles. The molecule has 25 heavy (non-hydrogen) atoms. The fraction of sp³-hybridized carbons (Fsp3) is 0.125. The number of nitrogens with zero attached hydrogens (tertiary/aromatic N) is 1. The van der Waals surface area contributed by atoms with E-state index in [1.807, 2.05) is 0 Å². The van der Waals surface area contributed by atoms with E-state index in [-0.39, 0.29) is 20.9 Å². The predicted octanol–water partition coefficient (Wildman–Crippen LogP) is 1.12. The number of benzene rings is 2. The van der Waals surface area contributed by atoms with Gasteiger partial charge >= 0.3 is 0 Å². The van der Waals surface area contributed by atoms with Crippen LogP contribution in [0.2, 0.25) is 0 Å². The van der Waals surface area contributed by atoms with Crippen LogP contribution in [0.1, 0.15) is 20.7 Å². The highest BCUT2D eigenvalue weighted by atomic mass is 32.2. The number of amides is 1. The van der Waals surface area contributed by atoms with Crippen molar-refractivity contribution >= 4 is 31.6 Å². The molecule has 0 bridgehead atoms. The van der Waals surface area contributed by atoms with Crippen LogP contribution in [0.3, 0.4) is 0 Å². The van der Waals surface area contributed by atoms with E-state index in [0.29, 0.717) is 4.31 Å². The van der Waals surface area contributed by atoms with Crippen LogP contribution < -0.4 is 0 Å². The molecule has 2 aromatic rings. The van der Waals surface area contributed by atoms with Gasteiger partial charge in [0.15, 0.2) is 15.6 Å². The quantitative estimate of drug-likeness (QED) is 0.737. The van der Waals surface area contributed by atoms with Gasteiger partial charge in [-0.3, -0.25) is 9.59 Å². The molecule has 1 heterocycles. The summed E-state index contributed by atoms with van der Waals surface area (Å²) in [5, 5.41) is 0. The SMILES string of the molecule is CS(=O)(=O)c1ccc(C(=O)CN2C(=O)c3ccccc3S2(=O)=O)cc1. The summed E-state index contributed by atoms with van der Waals surface area (Å²) in [6.07, 6.45) is 1.04. The molecule has 0 saturated carbocycles. The molecular weight excluding hydrogens is 366 g/mol. The molecule has 0 atom stereocenters. The van der Waals surface area contributed by atoms with Gasteiger partial charge in [-0.25, -0.2) is 21.1 Å². The number of carbonyl (C=O) groups is 2. The van der Waals surface area contributed by atoms with Crippen LogP contribution >= 0.6 is 0 Å². The molecule has 0 N–H and O–H groups in total. The molecule has 0 saturated heterocycles. The molecule has 1 aliphatic rings. The second-order valence-electron chi connectivity index (χ2n) is 5.53. The molecule has 0 aliphatic carbocycles. The van der Waals surface area contributed by atoms with E-state index >= 15 is 0 Å². The zero-order valence-electron chi connectivity index (χ0n) is 13.0. The first-order valence-corrected chi connectivity index (χ1v) is 10.4. The fourth-order valence-electron chi connectivity index (χ4n) is 2.50. The van der Waals surface area contributed by atoms with E-state index < -0.39 is 38.1 Å². The second-order valence-corrected chi connectivity index (χ2v) is 9.38. The third-order valence-corrected chi connectivity index (χ3v) is 6.72. The van der Waals surface area contributed by atoms with E-state index in [1.165, 1.54) is 42.5 Å². The molecule has 0 unspecified atom stereocenters. The Bertz CT molecular complexity index is 1090. The maximum Gasteiger partial charge on any atom is 0.269 e. The van der Waals surface area contributed by atoms with E-state index in [2.05, 4.69) is 0 Å². The van der Waals surface area contributed by atoms with E-state index in [9.17, 15) is 26.4 Å². The van der Waals surface area contributed by atoms with E-state index in [0.717, 1.165) is 6.26 Å². The molecule has 0 fully saturated rings. The fourth-order valence-corrected chi connectivity index (χ4v) is 4.65. The minimum Gasteiger partial charge on any atom is -0.292 e. The summed E-state index contributed by atoms with van der Waals surface area (Å²) in [6, 6.07) is 10.8. The van der Waals surface area contributed by atoms with Crippen molar-refractivity contribution < 1.29 is 26.4 Å². The molecule has 2 aromatic carbocycles. The van der Waals surface area contributed by atoms with Crippen LogP contribution in [0.25, 0.3) is 0 Å². The second kappa shape index (κ2) is 5.78. The summed E-state index contributed by atoms with van der Waals surface area (Å²) in [4.78, 5) is 24.5. The van der Waals surface area contributed by atoms with Crippen LogP contribution in [0.4, 0.5) is 0 Å². The van der Waals surface area contributed by atoms with E-state index in [1.54, 1.807) is 6.07 Å². The number of fused-ring (bicyclic) bond motifs is 1. The number of sulfonamides is 1. The summed E-state index contributed by atoms with van der Waals surface area (Å²) in [5.41, 5.74) is 0.147. The number of ketones is 1. The van der Waals surface area contributed by atoms with Gasteiger partial charge < -0.3 is 0 Å². The van der Waals surface area contributed by atoms with Crippen molar-refractivity contribution in [1.82, 2.24) is 4.31 Å². The summed E-state index contributed by atoms with van der Waals surface area (Å²) in [6.45, 7) is -0.645. The highest BCUT2D eigenvalue weighted by Gasteiger charge is 2.41. The van der Waals surface area contributed by atoms with Crippen LogP contribution in [-0.4, -0.2) is 45.6 Å². The van der Waals surface area contributed by atoms with Crippen LogP contribution in [0, 0.1) is 0 Å². The Balaban J connectivity index is 1.88. The first kappa shape index (κ1) is 17.3. The topological polar surface area (TPSA) is 106 Å². The summed E-state index contributed by atoms with van der Waals surface area (Å²) >= 11 is 0. The normalized spacial score (nSPS) is 15.9. The van der Waals surface area contributed by atoms with Gasteiger partial charge in [-0.15, -0.1) is 0 Å². The van der Waals surface area contributed by atoms with Crippen molar-refractivity contribution in [2.75, 3.05) is 12.8 Å². The minimum absolute atomic E-state index is 0.0303. The summed E-state index contributed by atoms with van der Waals surface area (Å²) in [7, 11) is -7.47. The van der Waals surface area contributed by atoms with Crippen molar-refractivity contribution in [3.63, 3.8) is 0 Å². The van der Waals surface area contributed by atoms with Gasteiger partial charge in [-0.2, -0.15) is 0 Å². The van der Waals surface area contributed by atoms with Gasteiger partial charge in [-0.05, 0) is 24.3 Å². The van der Waals surface area contributed by atoms with Gasteiger partial charge in [0.05, 0.1) is 10.5 Å². The van der Waals surface area contributed by atoms with Gasteiger partial charge in [-0.1, -0.05) is 24.3 Å². The van der Waals surface area contributed by atoms with Gasteiger partial charge in [0.2, 0.25) is 0 Å². The summed E-state index contributed by atoms with van der Waals surface area (Å²) in [5.74, 6) is -1.36. The lowest BCUT2D eigenvalue weighted by molar-refractivity contribution is 0.0820. The third-order valence-electron chi connectivity index (χ3n) is 3.80. The van der Waals surface area contributed by atoms with Crippen LogP contribution in [0.5, 0.6) is 0 Å². The standard InChI is InChI=1S/C16H13NO6S2/c1-24(20,21)12-8-6-11(7-9-12)14(18)10-17-16(19)13-4-2-3-5-15(13)25(17,22)23/h2-9H,10H2,1H3. The van der Waals surface area contributed by atoms with E-state index in [4.69, 9.17) is 0 Å². The van der Waals surface area contributed by atoms with Crippen molar-refractivity contribution in [2.24, 2.45) is 0 Å². The Morgan fingerprint density at radius 2 is 1.64 bits per heavy atom. The molecule has 3 rings (SSSR count). The first-order chi connectivity index (χ1) is 11.6. The number of sulfone groups is 1. The van der Waals surface area contributed by atoms with Crippen molar-refractivity contribution in [2.45, 2.75) is 9.79 Å². The number of rotatable bonds is 4. The highest BCUT2D eigenvalue weighted by Crippen LogP contribution is 2.30. The molecule has 130 valence electrons. The van der Waals surface area contributed by atoms with Crippen molar-refractivity contribution in [3.05, 3.63) is 59.7 Å². The Morgan fingerprint density at radius 1 is 1.04 bits per heavy atom. The zero-order valence-corrected chi connectivity index (χ0v) is 14.7. The largest absolute Gasteiger partial charge is 0.292 e.